The Balaban J connectivity index is 1.59. The third kappa shape index (κ3) is 3.57. The van der Waals surface area contributed by atoms with Crippen molar-refractivity contribution < 1.29 is 4.79 Å². The maximum atomic E-state index is 13.0. The number of H-pyrrole nitrogens is 1. The molecule has 5 rings (SSSR count). The molecule has 2 aliphatic rings. The molecule has 152 valence electrons. The molecule has 2 aliphatic carbocycles. The number of benzene rings is 1. The molecule has 2 fully saturated rings. The van der Waals surface area contributed by atoms with Gasteiger partial charge in [0.2, 0.25) is 0 Å². The highest BCUT2D eigenvalue weighted by atomic mass is 16.1. The van der Waals surface area contributed by atoms with E-state index in [1.165, 1.54) is 0 Å². The van der Waals surface area contributed by atoms with Crippen LogP contribution in [0.2, 0.25) is 0 Å². The molecule has 1 aromatic carbocycles. The third-order valence-electron chi connectivity index (χ3n) is 6.34. The van der Waals surface area contributed by atoms with E-state index in [1.54, 1.807) is 6.20 Å². The van der Waals surface area contributed by atoms with Gasteiger partial charge in [0.05, 0.1) is 16.8 Å². The number of fused-ring (bicyclic) bond motifs is 1. The summed E-state index contributed by atoms with van der Waals surface area (Å²) in [6, 6.07) is 10.6. The number of nitriles is 1. The zero-order valence-electron chi connectivity index (χ0n) is 16.8. The van der Waals surface area contributed by atoms with Gasteiger partial charge in [-0.3, -0.25) is 9.78 Å². The van der Waals surface area contributed by atoms with Gasteiger partial charge in [-0.05, 0) is 62.3 Å². The van der Waals surface area contributed by atoms with Crippen LogP contribution in [0.15, 0.2) is 36.7 Å². The number of pyridine rings is 1. The highest BCUT2D eigenvalue weighted by molar-refractivity contribution is 6.10. The van der Waals surface area contributed by atoms with Gasteiger partial charge in [-0.2, -0.15) is 5.26 Å². The molecule has 0 bridgehead atoms. The minimum Gasteiger partial charge on any atom is -0.381 e. The molecule has 6 heteroatoms. The van der Waals surface area contributed by atoms with Crippen molar-refractivity contribution in [2.45, 2.75) is 50.6 Å². The number of aromatic nitrogens is 2. The lowest BCUT2D eigenvalue weighted by atomic mass is 9.91. The Labute approximate surface area is 175 Å². The molecule has 2 aromatic heterocycles. The van der Waals surface area contributed by atoms with Crippen molar-refractivity contribution in [3.8, 4) is 17.2 Å². The number of aromatic amines is 1. The van der Waals surface area contributed by atoms with Crippen LogP contribution >= 0.6 is 0 Å². The quantitative estimate of drug-likeness (QED) is 0.552. The lowest BCUT2D eigenvalue weighted by Gasteiger charge is -2.29. The highest BCUT2D eigenvalue weighted by Crippen LogP contribution is 2.38. The number of hydrogen-bond acceptors (Lipinski definition) is 5. The standard InChI is InChI=1S/C24H25N5O/c25-11-19-9-16(12-27-19)15-3-8-22-20(10-15)23(29-18-6-4-17(26)5-7-18)21(13-28-22)24(30)14-1-2-14/h3,8-10,12-14,17-18,27H,1-2,4-7,26H2,(H,28,29)/t17-,18-. The van der Waals surface area contributed by atoms with Crippen LogP contribution in [0.25, 0.3) is 22.0 Å². The molecule has 6 nitrogen and oxygen atoms in total. The van der Waals surface area contributed by atoms with Gasteiger partial charge in [0, 0.05) is 41.3 Å². The van der Waals surface area contributed by atoms with E-state index in [0.29, 0.717) is 17.3 Å². The number of carbonyl (C=O) groups excluding carboxylic acids is 1. The topological polar surface area (TPSA) is 108 Å². The minimum atomic E-state index is 0.135. The first kappa shape index (κ1) is 18.8. The zero-order valence-corrected chi connectivity index (χ0v) is 16.8. The summed E-state index contributed by atoms with van der Waals surface area (Å²) >= 11 is 0. The summed E-state index contributed by atoms with van der Waals surface area (Å²) in [7, 11) is 0. The summed E-state index contributed by atoms with van der Waals surface area (Å²) in [6.07, 6.45) is 9.52. The number of nitrogens with one attached hydrogen (secondary N) is 2. The van der Waals surface area contributed by atoms with E-state index in [2.05, 4.69) is 27.4 Å². The summed E-state index contributed by atoms with van der Waals surface area (Å²) in [5.74, 6) is 0.328. The number of Topliss-reactive ketones (excluding diaryl/α,β-unsaturated/α-hetero) is 1. The SMILES string of the molecule is N#Cc1cc(-c2ccc3ncc(C(=O)C4CC4)c(N[C@H]4CC[C@H](N)CC4)c3c2)c[nH]1. The largest absolute Gasteiger partial charge is 0.381 e. The van der Waals surface area contributed by atoms with E-state index in [9.17, 15) is 4.79 Å². The van der Waals surface area contributed by atoms with Crippen molar-refractivity contribution in [2.75, 3.05) is 5.32 Å². The normalized spacial score (nSPS) is 21.3. The summed E-state index contributed by atoms with van der Waals surface area (Å²) in [4.78, 5) is 20.6. The molecule has 2 heterocycles. The molecule has 0 unspecified atom stereocenters. The molecule has 2 saturated carbocycles. The van der Waals surface area contributed by atoms with E-state index in [0.717, 1.165) is 66.2 Å². The first-order valence-electron chi connectivity index (χ1n) is 10.7. The van der Waals surface area contributed by atoms with Gasteiger partial charge in [-0.25, -0.2) is 0 Å². The molecule has 0 aliphatic heterocycles. The number of hydrogen-bond donors (Lipinski definition) is 3. The van der Waals surface area contributed by atoms with Crippen molar-refractivity contribution in [2.24, 2.45) is 11.7 Å². The maximum absolute atomic E-state index is 13.0. The fourth-order valence-corrected chi connectivity index (χ4v) is 4.37. The van der Waals surface area contributed by atoms with Crippen LogP contribution in [0.3, 0.4) is 0 Å². The number of carbonyl (C=O) groups is 1. The fraction of sp³-hybridized carbons (Fsp3) is 0.375. The molecule has 30 heavy (non-hydrogen) atoms. The molecular formula is C24H25N5O. The second kappa shape index (κ2) is 7.58. The van der Waals surface area contributed by atoms with Crippen LogP contribution in [0.1, 0.15) is 54.6 Å². The van der Waals surface area contributed by atoms with Gasteiger partial charge in [0.1, 0.15) is 11.8 Å². The van der Waals surface area contributed by atoms with Crippen molar-refractivity contribution in [3.05, 3.63) is 47.9 Å². The molecule has 0 atom stereocenters. The Kier molecular flexibility index (Phi) is 4.76. The first-order chi connectivity index (χ1) is 14.6. The van der Waals surface area contributed by atoms with E-state index < -0.39 is 0 Å². The minimum absolute atomic E-state index is 0.135. The van der Waals surface area contributed by atoms with Crippen molar-refractivity contribution in [1.82, 2.24) is 9.97 Å². The number of ketones is 1. The van der Waals surface area contributed by atoms with E-state index in [-0.39, 0.29) is 17.7 Å². The van der Waals surface area contributed by atoms with Crippen LogP contribution in [-0.4, -0.2) is 27.8 Å². The van der Waals surface area contributed by atoms with Crippen LogP contribution in [0.4, 0.5) is 5.69 Å². The highest BCUT2D eigenvalue weighted by Gasteiger charge is 2.33. The van der Waals surface area contributed by atoms with Gasteiger partial charge in [-0.15, -0.1) is 0 Å². The lowest BCUT2D eigenvalue weighted by molar-refractivity contribution is 0.0968. The number of nitrogens with two attached hydrogens (primary N) is 1. The monoisotopic (exact) mass is 399 g/mol. The molecule has 4 N–H and O–H groups in total. The fourth-order valence-electron chi connectivity index (χ4n) is 4.37. The van der Waals surface area contributed by atoms with Crippen molar-refractivity contribution in [3.63, 3.8) is 0 Å². The Bertz CT molecular complexity index is 1150. The molecular weight excluding hydrogens is 374 g/mol. The summed E-state index contributed by atoms with van der Waals surface area (Å²) in [6.45, 7) is 0. The average Bonchev–Trinajstić information content (AvgIpc) is 3.51. The maximum Gasteiger partial charge on any atom is 0.169 e. The number of anilines is 1. The van der Waals surface area contributed by atoms with E-state index in [1.807, 2.05) is 24.4 Å². The number of nitrogens with zero attached hydrogens (tertiary/aromatic N) is 2. The van der Waals surface area contributed by atoms with Crippen molar-refractivity contribution in [1.29, 1.82) is 5.26 Å². The predicted octanol–water partition coefficient (Wildman–Crippen LogP) is 4.38. The van der Waals surface area contributed by atoms with Crippen LogP contribution in [-0.2, 0) is 0 Å². The van der Waals surface area contributed by atoms with E-state index in [4.69, 9.17) is 11.0 Å². The van der Waals surface area contributed by atoms with Crippen LogP contribution in [0, 0.1) is 17.2 Å². The van der Waals surface area contributed by atoms with Crippen LogP contribution in [0.5, 0.6) is 0 Å². The van der Waals surface area contributed by atoms with Crippen LogP contribution < -0.4 is 11.1 Å². The van der Waals surface area contributed by atoms with Gasteiger partial charge >= 0.3 is 0 Å². The van der Waals surface area contributed by atoms with Gasteiger partial charge in [-0.1, -0.05) is 6.07 Å². The smallest absolute Gasteiger partial charge is 0.169 e. The summed E-state index contributed by atoms with van der Waals surface area (Å²) in [5.41, 5.74) is 11.0. The Morgan fingerprint density at radius 2 is 1.93 bits per heavy atom. The van der Waals surface area contributed by atoms with Gasteiger partial charge in [0.15, 0.2) is 5.78 Å². The number of rotatable bonds is 5. The molecule has 0 spiro atoms. The molecule has 0 amide bonds. The first-order valence-corrected chi connectivity index (χ1v) is 10.7. The Hall–Kier alpha value is -3.17. The summed E-state index contributed by atoms with van der Waals surface area (Å²) in [5, 5.41) is 13.8. The third-order valence-corrected chi connectivity index (χ3v) is 6.34. The lowest BCUT2D eigenvalue weighted by Crippen LogP contribution is -2.33. The van der Waals surface area contributed by atoms with E-state index >= 15 is 0 Å². The van der Waals surface area contributed by atoms with Gasteiger partial charge < -0.3 is 16.0 Å². The average molecular weight is 399 g/mol. The zero-order chi connectivity index (χ0) is 20.7. The second-order valence-electron chi connectivity index (χ2n) is 8.59. The Morgan fingerprint density at radius 1 is 1.13 bits per heavy atom. The van der Waals surface area contributed by atoms with Gasteiger partial charge in [0.25, 0.3) is 0 Å². The summed E-state index contributed by atoms with van der Waals surface area (Å²) < 4.78 is 0. The Morgan fingerprint density at radius 3 is 2.63 bits per heavy atom. The molecule has 0 saturated heterocycles. The molecule has 0 radical (unpaired) electrons. The second-order valence-corrected chi connectivity index (χ2v) is 8.59. The molecule has 3 aromatic rings. The van der Waals surface area contributed by atoms with Crippen molar-refractivity contribution >= 4 is 22.4 Å². The predicted molar refractivity (Wildman–Crippen MR) is 117 cm³/mol.